The number of amides is 3. The van der Waals surface area contributed by atoms with Gasteiger partial charge in [0.15, 0.2) is 0 Å². The molecule has 0 aromatic heterocycles. The molecule has 3 amide bonds. The van der Waals surface area contributed by atoms with E-state index in [0.29, 0.717) is 17.4 Å². The molecular weight excluding hydrogens is 484 g/mol. The standard InChI is InChI=1S/C27H31F2N3O5/c1-4-17(2)30-24(33)23-16-37-27(32(23)25(34)18-5-8-20(36-3)9-6-18)11-13-31(14-12-27)26(35)21-10-7-19(28)15-22(21)29/h5-10,15,17,23H,4,11-14,16H2,1-3H3,(H,30,33)/t17-,23+/m0/s1. The molecule has 37 heavy (non-hydrogen) atoms. The summed E-state index contributed by atoms with van der Waals surface area (Å²) in [6.45, 7) is 4.19. The molecule has 1 spiro atoms. The van der Waals surface area contributed by atoms with Crippen LogP contribution in [0.3, 0.4) is 0 Å². The van der Waals surface area contributed by atoms with Gasteiger partial charge < -0.3 is 19.7 Å². The zero-order valence-corrected chi connectivity index (χ0v) is 21.1. The molecule has 0 bridgehead atoms. The molecule has 1 N–H and O–H groups in total. The summed E-state index contributed by atoms with van der Waals surface area (Å²) in [4.78, 5) is 42.8. The van der Waals surface area contributed by atoms with Gasteiger partial charge in [-0.25, -0.2) is 8.78 Å². The van der Waals surface area contributed by atoms with Gasteiger partial charge in [0, 0.05) is 43.6 Å². The van der Waals surface area contributed by atoms with Gasteiger partial charge >= 0.3 is 0 Å². The predicted molar refractivity (Wildman–Crippen MR) is 131 cm³/mol. The molecule has 10 heteroatoms. The van der Waals surface area contributed by atoms with Gasteiger partial charge in [0.25, 0.3) is 11.8 Å². The summed E-state index contributed by atoms with van der Waals surface area (Å²) in [5, 5.41) is 2.94. The first-order valence-electron chi connectivity index (χ1n) is 12.4. The monoisotopic (exact) mass is 515 g/mol. The lowest BCUT2D eigenvalue weighted by molar-refractivity contribution is -0.128. The van der Waals surface area contributed by atoms with Crippen molar-refractivity contribution in [2.45, 2.75) is 50.9 Å². The van der Waals surface area contributed by atoms with Crippen LogP contribution in [-0.4, -0.2) is 72.1 Å². The van der Waals surface area contributed by atoms with E-state index in [-0.39, 0.29) is 56.0 Å². The lowest BCUT2D eigenvalue weighted by atomic mass is 9.96. The van der Waals surface area contributed by atoms with E-state index in [1.165, 1.54) is 16.9 Å². The van der Waals surface area contributed by atoms with Gasteiger partial charge in [-0.05, 0) is 49.7 Å². The van der Waals surface area contributed by atoms with Crippen molar-refractivity contribution in [2.24, 2.45) is 0 Å². The molecule has 0 aliphatic carbocycles. The van der Waals surface area contributed by atoms with Crippen molar-refractivity contribution >= 4 is 17.7 Å². The Morgan fingerprint density at radius 3 is 2.38 bits per heavy atom. The van der Waals surface area contributed by atoms with Crippen molar-refractivity contribution in [3.8, 4) is 5.75 Å². The normalized spacial score (nSPS) is 19.5. The van der Waals surface area contributed by atoms with E-state index in [1.807, 2.05) is 13.8 Å². The van der Waals surface area contributed by atoms with Crippen LogP contribution in [0.2, 0.25) is 0 Å². The summed E-state index contributed by atoms with van der Waals surface area (Å²) in [6, 6.07) is 8.52. The average molecular weight is 516 g/mol. The molecular formula is C27H31F2N3O5. The second-order valence-corrected chi connectivity index (χ2v) is 9.41. The molecule has 0 saturated carbocycles. The first-order chi connectivity index (χ1) is 17.7. The van der Waals surface area contributed by atoms with E-state index in [0.717, 1.165) is 18.6 Å². The van der Waals surface area contributed by atoms with E-state index < -0.39 is 29.3 Å². The number of ether oxygens (including phenoxy) is 2. The van der Waals surface area contributed by atoms with E-state index >= 15 is 0 Å². The summed E-state index contributed by atoms with van der Waals surface area (Å²) in [5.74, 6) is -2.34. The second-order valence-electron chi connectivity index (χ2n) is 9.41. The molecule has 2 heterocycles. The highest BCUT2D eigenvalue weighted by Gasteiger charge is 2.54. The van der Waals surface area contributed by atoms with Crippen LogP contribution in [0, 0.1) is 11.6 Å². The van der Waals surface area contributed by atoms with Gasteiger partial charge in [-0.3, -0.25) is 19.3 Å². The fourth-order valence-electron chi connectivity index (χ4n) is 4.77. The van der Waals surface area contributed by atoms with Crippen molar-refractivity contribution in [2.75, 3.05) is 26.8 Å². The molecule has 2 fully saturated rings. The Hall–Kier alpha value is -3.53. The van der Waals surface area contributed by atoms with Gasteiger partial charge in [-0.15, -0.1) is 0 Å². The molecule has 198 valence electrons. The minimum Gasteiger partial charge on any atom is -0.497 e. The lowest BCUT2D eigenvalue weighted by Gasteiger charge is -2.44. The number of piperidine rings is 1. The summed E-state index contributed by atoms with van der Waals surface area (Å²) in [7, 11) is 1.53. The molecule has 2 aromatic carbocycles. The third-order valence-electron chi connectivity index (χ3n) is 7.11. The maximum Gasteiger partial charge on any atom is 0.256 e. The molecule has 2 aliphatic rings. The number of nitrogens with zero attached hydrogens (tertiary/aromatic N) is 2. The summed E-state index contributed by atoms with van der Waals surface area (Å²) >= 11 is 0. The van der Waals surface area contributed by atoms with Crippen LogP contribution in [0.4, 0.5) is 8.78 Å². The average Bonchev–Trinajstić information content (AvgIpc) is 3.26. The van der Waals surface area contributed by atoms with Crippen molar-refractivity contribution in [3.05, 3.63) is 65.2 Å². The zero-order valence-electron chi connectivity index (χ0n) is 21.1. The molecule has 2 saturated heterocycles. The van der Waals surface area contributed by atoms with E-state index in [1.54, 1.807) is 24.3 Å². The van der Waals surface area contributed by atoms with Crippen LogP contribution in [-0.2, 0) is 9.53 Å². The first-order valence-corrected chi connectivity index (χ1v) is 12.4. The number of rotatable bonds is 6. The summed E-state index contributed by atoms with van der Waals surface area (Å²) in [5.41, 5.74) is -0.951. The van der Waals surface area contributed by atoms with Crippen molar-refractivity contribution in [1.82, 2.24) is 15.1 Å². The summed E-state index contributed by atoms with van der Waals surface area (Å²) < 4.78 is 38.9. The van der Waals surface area contributed by atoms with E-state index in [2.05, 4.69) is 5.32 Å². The highest BCUT2D eigenvalue weighted by atomic mass is 19.1. The van der Waals surface area contributed by atoms with Crippen molar-refractivity contribution < 1.29 is 32.6 Å². The Kier molecular flexibility index (Phi) is 7.77. The highest BCUT2D eigenvalue weighted by molar-refractivity contribution is 5.99. The fourth-order valence-corrected chi connectivity index (χ4v) is 4.77. The fraction of sp³-hybridized carbons (Fsp3) is 0.444. The first kappa shape index (κ1) is 26.5. The minimum atomic E-state index is -1.10. The van der Waals surface area contributed by atoms with Crippen molar-refractivity contribution in [3.63, 3.8) is 0 Å². The molecule has 2 atom stereocenters. The topological polar surface area (TPSA) is 88.2 Å². The number of halogens is 2. The lowest BCUT2D eigenvalue weighted by Crippen LogP contribution is -2.60. The van der Waals surface area contributed by atoms with E-state index in [4.69, 9.17) is 9.47 Å². The minimum absolute atomic E-state index is 0.0186. The van der Waals surface area contributed by atoms with Crippen LogP contribution >= 0.6 is 0 Å². The number of benzene rings is 2. The van der Waals surface area contributed by atoms with Crippen LogP contribution < -0.4 is 10.1 Å². The molecule has 2 aromatic rings. The Morgan fingerprint density at radius 2 is 1.78 bits per heavy atom. The number of hydrogen-bond acceptors (Lipinski definition) is 5. The van der Waals surface area contributed by atoms with Gasteiger partial charge in [0.1, 0.15) is 29.2 Å². The number of carbonyl (C=O) groups excluding carboxylic acids is 3. The van der Waals surface area contributed by atoms with Crippen LogP contribution in [0.1, 0.15) is 53.8 Å². The van der Waals surface area contributed by atoms with E-state index in [9.17, 15) is 23.2 Å². The molecule has 4 rings (SSSR count). The highest BCUT2D eigenvalue weighted by Crippen LogP contribution is 2.39. The van der Waals surface area contributed by atoms with Crippen molar-refractivity contribution in [1.29, 1.82) is 0 Å². The second kappa shape index (κ2) is 10.8. The molecule has 0 radical (unpaired) electrons. The number of carbonyl (C=O) groups is 3. The maximum absolute atomic E-state index is 14.2. The third kappa shape index (κ3) is 5.29. The Balaban J connectivity index is 1.58. The number of methoxy groups -OCH3 is 1. The summed E-state index contributed by atoms with van der Waals surface area (Å²) in [6.07, 6.45) is 1.20. The van der Waals surface area contributed by atoms with Crippen LogP contribution in [0.15, 0.2) is 42.5 Å². The Bertz CT molecular complexity index is 1170. The molecule has 0 unspecified atom stereocenters. The van der Waals surface area contributed by atoms with Gasteiger partial charge in [-0.2, -0.15) is 0 Å². The number of likely N-dealkylation sites (tertiary alicyclic amines) is 1. The number of hydrogen-bond donors (Lipinski definition) is 1. The molecule has 2 aliphatic heterocycles. The zero-order chi connectivity index (χ0) is 26.7. The van der Waals surface area contributed by atoms with Gasteiger partial charge in [-0.1, -0.05) is 6.92 Å². The van der Waals surface area contributed by atoms with Crippen LogP contribution in [0.5, 0.6) is 5.75 Å². The van der Waals surface area contributed by atoms with Gasteiger partial charge in [0.05, 0.1) is 19.3 Å². The smallest absolute Gasteiger partial charge is 0.256 e. The maximum atomic E-state index is 14.2. The predicted octanol–water partition coefficient (Wildman–Crippen LogP) is 3.36. The Labute approximate surface area is 214 Å². The van der Waals surface area contributed by atoms with Gasteiger partial charge in [0.2, 0.25) is 5.91 Å². The number of nitrogens with one attached hydrogen (secondary N) is 1. The SMILES string of the molecule is CC[C@H](C)NC(=O)[C@H]1COC2(CCN(C(=O)c3ccc(F)cc3F)CC2)N1C(=O)c1ccc(OC)cc1. The van der Waals surface area contributed by atoms with Crippen LogP contribution in [0.25, 0.3) is 0 Å². The quantitative estimate of drug-likeness (QED) is 0.638. The third-order valence-corrected chi connectivity index (χ3v) is 7.11. The largest absolute Gasteiger partial charge is 0.497 e. The molecule has 8 nitrogen and oxygen atoms in total. The Morgan fingerprint density at radius 1 is 1.11 bits per heavy atom.